The second-order valence-electron chi connectivity index (χ2n) is 4.21. The van der Waals surface area contributed by atoms with E-state index in [4.69, 9.17) is 0 Å². The van der Waals surface area contributed by atoms with Gasteiger partial charge in [0.25, 0.3) is 0 Å². The summed E-state index contributed by atoms with van der Waals surface area (Å²) in [6.45, 7) is 5.75. The van der Waals surface area contributed by atoms with Gasteiger partial charge < -0.3 is 0 Å². The highest BCUT2D eigenvalue weighted by atomic mass is 19.4. The van der Waals surface area contributed by atoms with Gasteiger partial charge in [-0.3, -0.25) is 4.68 Å². The topological polar surface area (TPSA) is 17.8 Å². The minimum atomic E-state index is -4.35. The number of alkyl halides is 3. The molecule has 0 aromatic carbocycles. The van der Waals surface area contributed by atoms with Gasteiger partial charge in [0.15, 0.2) is 5.69 Å². The van der Waals surface area contributed by atoms with Crippen LogP contribution in [0.2, 0.25) is 0 Å². The van der Waals surface area contributed by atoms with Crippen molar-refractivity contribution in [2.45, 2.75) is 45.3 Å². The summed E-state index contributed by atoms with van der Waals surface area (Å²) >= 11 is 0. The van der Waals surface area contributed by atoms with Gasteiger partial charge in [-0.15, -0.1) is 0 Å². The van der Waals surface area contributed by atoms with Crippen LogP contribution in [0.25, 0.3) is 0 Å². The Kier molecular flexibility index (Phi) is 3.11. The van der Waals surface area contributed by atoms with Gasteiger partial charge in [-0.2, -0.15) is 18.3 Å². The average Bonchev–Trinajstić information content (AvgIpc) is 2.50. The van der Waals surface area contributed by atoms with Crippen LogP contribution in [0.3, 0.4) is 0 Å². The van der Waals surface area contributed by atoms with Gasteiger partial charge in [-0.05, 0) is 26.3 Å². The summed E-state index contributed by atoms with van der Waals surface area (Å²) in [6, 6.07) is 1.01. The van der Waals surface area contributed by atoms with E-state index in [0.29, 0.717) is 0 Å². The van der Waals surface area contributed by atoms with Crippen molar-refractivity contribution in [2.24, 2.45) is 0 Å². The second-order valence-corrected chi connectivity index (χ2v) is 4.21. The zero-order valence-corrected chi connectivity index (χ0v) is 9.10. The molecule has 1 aromatic heterocycles. The molecule has 0 N–H and O–H groups in total. The molecule has 5 heteroatoms. The first-order valence-corrected chi connectivity index (χ1v) is 4.91. The largest absolute Gasteiger partial charge is 0.435 e. The van der Waals surface area contributed by atoms with Gasteiger partial charge >= 0.3 is 6.18 Å². The first kappa shape index (κ1) is 12.1. The number of nitrogens with zero attached hydrogens (tertiary/aromatic N) is 2. The van der Waals surface area contributed by atoms with Crippen molar-refractivity contribution in [3.63, 3.8) is 0 Å². The maximum Gasteiger partial charge on any atom is 0.435 e. The zero-order chi connectivity index (χ0) is 11.7. The minimum Gasteiger partial charge on any atom is -0.267 e. The van der Waals surface area contributed by atoms with E-state index >= 15 is 0 Å². The maximum absolute atomic E-state index is 12.3. The fourth-order valence-corrected chi connectivity index (χ4v) is 1.54. The van der Waals surface area contributed by atoms with E-state index in [9.17, 15) is 13.2 Å². The molecule has 1 heterocycles. The molecule has 0 atom stereocenters. The lowest BCUT2D eigenvalue weighted by Crippen LogP contribution is -2.27. The lowest BCUT2D eigenvalue weighted by atomic mass is 10.00. The first-order valence-electron chi connectivity index (χ1n) is 4.91. The van der Waals surface area contributed by atoms with E-state index in [1.807, 2.05) is 20.8 Å². The Morgan fingerprint density at radius 2 is 1.93 bits per heavy atom. The summed E-state index contributed by atoms with van der Waals surface area (Å²) in [5.74, 6) is 0. The van der Waals surface area contributed by atoms with Gasteiger partial charge in [0, 0.05) is 6.20 Å². The van der Waals surface area contributed by atoms with Crippen molar-refractivity contribution in [3.8, 4) is 0 Å². The summed E-state index contributed by atoms with van der Waals surface area (Å²) in [7, 11) is 0. The highest BCUT2D eigenvalue weighted by molar-refractivity contribution is 5.04. The lowest BCUT2D eigenvalue weighted by Gasteiger charge is -2.24. The standard InChI is InChI=1S/C10H15F3N2/c1-4-6-9(2,3)15-7-5-8(14-15)10(11,12)13/h5,7H,4,6H2,1-3H3. The molecular weight excluding hydrogens is 205 g/mol. The molecule has 15 heavy (non-hydrogen) atoms. The summed E-state index contributed by atoms with van der Waals surface area (Å²) in [4.78, 5) is 0. The normalized spacial score (nSPS) is 13.2. The Bertz CT molecular complexity index is 326. The molecule has 0 saturated carbocycles. The minimum absolute atomic E-state index is 0.363. The first-order chi connectivity index (χ1) is 6.77. The highest BCUT2D eigenvalue weighted by Gasteiger charge is 2.34. The zero-order valence-electron chi connectivity index (χ0n) is 9.10. The monoisotopic (exact) mass is 220 g/mol. The lowest BCUT2D eigenvalue weighted by molar-refractivity contribution is -0.141. The number of hydrogen-bond donors (Lipinski definition) is 0. The van der Waals surface area contributed by atoms with Crippen LogP contribution >= 0.6 is 0 Å². The Morgan fingerprint density at radius 3 is 2.33 bits per heavy atom. The van der Waals surface area contributed by atoms with Crippen LogP contribution in [0.4, 0.5) is 13.2 Å². The molecule has 0 radical (unpaired) electrons. The van der Waals surface area contributed by atoms with E-state index in [2.05, 4.69) is 5.10 Å². The van der Waals surface area contributed by atoms with E-state index in [1.165, 1.54) is 10.9 Å². The highest BCUT2D eigenvalue weighted by Crippen LogP contribution is 2.29. The van der Waals surface area contributed by atoms with Crippen molar-refractivity contribution < 1.29 is 13.2 Å². The molecule has 0 aliphatic rings. The third-order valence-corrected chi connectivity index (χ3v) is 2.36. The molecule has 86 valence electrons. The summed E-state index contributed by atoms with van der Waals surface area (Å²) in [5, 5.41) is 3.56. The summed E-state index contributed by atoms with van der Waals surface area (Å²) < 4.78 is 38.3. The molecule has 0 unspecified atom stereocenters. The van der Waals surface area contributed by atoms with Crippen LogP contribution in [-0.4, -0.2) is 9.78 Å². The van der Waals surface area contributed by atoms with E-state index in [-0.39, 0.29) is 5.54 Å². The van der Waals surface area contributed by atoms with Gasteiger partial charge in [-0.1, -0.05) is 13.3 Å². The SMILES string of the molecule is CCCC(C)(C)n1ccc(C(F)(F)F)n1. The van der Waals surface area contributed by atoms with Crippen molar-refractivity contribution in [2.75, 3.05) is 0 Å². The molecular formula is C10H15F3N2. The fraction of sp³-hybridized carbons (Fsp3) is 0.700. The molecule has 0 fully saturated rings. The molecule has 0 aliphatic carbocycles. The number of rotatable bonds is 3. The van der Waals surface area contributed by atoms with E-state index in [1.54, 1.807) is 0 Å². The molecule has 1 aromatic rings. The van der Waals surface area contributed by atoms with Crippen molar-refractivity contribution in [1.29, 1.82) is 0 Å². The van der Waals surface area contributed by atoms with E-state index in [0.717, 1.165) is 18.9 Å². The molecule has 0 aliphatic heterocycles. The Balaban J connectivity index is 2.94. The number of aromatic nitrogens is 2. The maximum atomic E-state index is 12.3. The van der Waals surface area contributed by atoms with Gasteiger partial charge in [0.2, 0.25) is 0 Å². The third kappa shape index (κ3) is 2.73. The number of hydrogen-bond acceptors (Lipinski definition) is 1. The molecule has 0 spiro atoms. The molecule has 2 nitrogen and oxygen atoms in total. The Morgan fingerprint density at radius 1 is 1.33 bits per heavy atom. The molecule has 0 saturated heterocycles. The van der Waals surface area contributed by atoms with Crippen LogP contribution in [0.15, 0.2) is 12.3 Å². The van der Waals surface area contributed by atoms with Gasteiger partial charge in [-0.25, -0.2) is 0 Å². The Hall–Kier alpha value is -1.00. The van der Waals surface area contributed by atoms with Crippen molar-refractivity contribution >= 4 is 0 Å². The smallest absolute Gasteiger partial charge is 0.267 e. The van der Waals surface area contributed by atoms with Crippen LogP contribution in [-0.2, 0) is 11.7 Å². The molecule has 0 amide bonds. The molecule has 1 rings (SSSR count). The van der Waals surface area contributed by atoms with Gasteiger partial charge in [0.05, 0.1) is 5.54 Å². The predicted octanol–water partition coefficient (Wildman–Crippen LogP) is 3.44. The predicted molar refractivity (Wildman–Crippen MR) is 51.5 cm³/mol. The van der Waals surface area contributed by atoms with Crippen LogP contribution in [0.1, 0.15) is 39.3 Å². The van der Waals surface area contributed by atoms with Crippen molar-refractivity contribution in [1.82, 2.24) is 9.78 Å². The van der Waals surface area contributed by atoms with E-state index < -0.39 is 11.9 Å². The fourth-order valence-electron chi connectivity index (χ4n) is 1.54. The third-order valence-electron chi connectivity index (χ3n) is 2.36. The van der Waals surface area contributed by atoms with Crippen LogP contribution in [0.5, 0.6) is 0 Å². The van der Waals surface area contributed by atoms with Crippen LogP contribution < -0.4 is 0 Å². The Labute approximate surface area is 87.1 Å². The molecule has 0 bridgehead atoms. The average molecular weight is 220 g/mol. The van der Waals surface area contributed by atoms with Crippen LogP contribution in [0, 0.1) is 0 Å². The van der Waals surface area contributed by atoms with Gasteiger partial charge in [0.1, 0.15) is 0 Å². The second kappa shape index (κ2) is 3.87. The van der Waals surface area contributed by atoms with Crippen molar-refractivity contribution in [3.05, 3.63) is 18.0 Å². The summed E-state index contributed by atoms with van der Waals surface area (Å²) in [5.41, 5.74) is -1.19. The summed E-state index contributed by atoms with van der Waals surface area (Å²) in [6.07, 6.45) is -1.26. The quantitative estimate of drug-likeness (QED) is 0.763. The number of halogens is 3.